The number of amides is 1. The van der Waals surface area contributed by atoms with Crippen molar-refractivity contribution in [2.75, 3.05) is 73.6 Å². The lowest BCUT2D eigenvalue weighted by Crippen LogP contribution is -2.46. The average Bonchev–Trinajstić information content (AvgIpc) is 2.92. The van der Waals surface area contributed by atoms with Crippen LogP contribution < -0.4 is 4.74 Å². The van der Waals surface area contributed by atoms with E-state index in [9.17, 15) is 29.8 Å². The summed E-state index contributed by atoms with van der Waals surface area (Å²) in [6.45, 7) is 4.45. The van der Waals surface area contributed by atoms with E-state index in [4.69, 9.17) is 18.9 Å². The molecule has 0 fully saturated rings. The number of rotatable bonds is 22. The zero-order valence-corrected chi connectivity index (χ0v) is 23.3. The van der Waals surface area contributed by atoms with Crippen molar-refractivity contribution < 1.29 is 53.1 Å². The number of carbonyl (C=O) groups is 2. The lowest BCUT2D eigenvalue weighted by molar-refractivity contribution is -0.758. The highest BCUT2D eigenvalue weighted by molar-refractivity contribution is 5.77. The summed E-state index contributed by atoms with van der Waals surface area (Å²) in [6, 6.07) is 7.68. The Morgan fingerprint density at radius 1 is 0.950 bits per heavy atom. The van der Waals surface area contributed by atoms with Gasteiger partial charge in [-0.2, -0.15) is 0 Å². The molecule has 0 heterocycles. The van der Waals surface area contributed by atoms with Crippen molar-refractivity contribution in [1.29, 1.82) is 0 Å². The van der Waals surface area contributed by atoms with Crippen molar-refractivity contribution in [2.24, 2.45) is 0 Å². The number of hydrogen-bond donors (Lipinski definition) is 0. The molecule has 1 amide bonds. The third kappa shape index (κ3) is 19.5. The van der Waals surface area contributed by atoms with Gasteiger partial charge in [-0.05, 0) is 38.0 Å². The van der Waals surface area contributed by atoms with Crippen LogP contribution in [0.5, 0.6) is 5.75 Å². The number of benzene rings is 1. The molecule has 1 rings (SSSR count). The minimum absolute atomic E-state index is 0.0458. The number of ether oxygens (including phenoxy) is 5. The average molecular weight is 578 g/mol. The predicted molar refractivity (Wildman–Crippen MR) is 139 cm³/mol. The van der Waals surface area contributed by atoms with Crippen LogP contribution in [0.3, 0.4) is 0 Å². The van der Waals surface area contributed by atoms with Gasteiger partial charge in [0.15, 0.2) is 0 Å². The van der Waals surface area contributed by atoms with Gasteiger partial charge in [-0.1, -0.05) is 12.1 Å². The SMILES string of the molecule is COCCc1ccc(OCC(CN(C(=O)COCCO[N+](=O)[O-])C(C)C)OC)cc1.O=CCOCCO[N+](=O)[O-]. The van der Waals surface area contributed by atoms with Crippen molar-refractivity contribution in [3.05, 3.63) is 50.1 Å². The van der Waals surface area contributed by atoms with E-state index in [0.29, 0.717) is 19.4 Å². The Labute approximate surface area is 232 Å². The zero-order chi connectivity index (χ0) is 30.2. The maximum absolute atomic E-state index is 12.5. The van der Waals surface area contributed by atoms with Gasteiger partial charge in [0, 0.05) is 20.3 Å². The molecule has 0 N–H and O–H groups in total. The summed E-state index contributed by atoms with van der Waals surface area (Å²) in [5.74, 6) is 0.477. The van der Waals surface area contributed by atoms with E-state index in [1.807, 2.05) is 38.1 Å². The quantitative estimate of drug-likeness (QED) is 0.0826. The minimum Gasteiger partial charge on any atom is -0.491 e. The zero-order valence-electron chi connectivity index (χ0n) is 23.3. The van der Waals surface area contributed by atoms with Crippen molar-refractivity contribution in [1.82, 2.24) is 4.90 Å². The molecular formula is C24H39N3O13. The first-order valence-electron chi connectivity index (χ1n) is 12.3. The lowest BCUT2D eigenvalue weighted by Gasteiger charge is -2.30. The number of hydrogen-bond acceptors (Lipinski definition) is 13. The van der Waals surface area contributed by atoms with E-state index in [2.05, 4.69) is 14.4 Å². The monoisotopic (exact) mass is 577 g/mol. The molecule has 0 aliphatic carbocycles. The van der Waals surface area contributed by atoms with Gasteiger partial charge in [0.25, 0.3) is 10.2 Å². The largest absolute Gasteiger partial charge is 0.491 e. The molecule has 16 nitrogen and oxygen atoms in total. The minimum atomic E-state index is -0.912. The highest BCUT2D eigenvalue weighted by Gasteiger charge is 2.22. The Morgan fingerprint density at radius 2 is 1.55 bits per heavy atom. The fraction of sp³-hybridized carbons (Fsp3) is 0.667. The van der Waals surface area contributed by atoms with Gasteiger partial charge >= 0.3 is 0 Å². The van der Waals surface area contributed by atoms with Gasteiger partial charge in [-0.3, -0.25) is 4.79 Å². The molecule has 0 saturated heterocycles. The summed E-state index contributed by atoms with van der Waals surface area (Å²) in [7, 11) is 3.24. The second-order valence-corrected chi connectivity index (χ2v) is 8.10. The summed E-state index contributed by atoms with van der Waals surface area (Å²) >= 11 is 0. The molecule has 0 saturated carbocycles. The van der Waals surface area contributed by atoms with Crippen molar-refractivity contribution >= 4 is 12.2 Å². The first kappa shape index (κ1) is 36.4. The third-order valence-electron chi connectivity index (χ3n) is 4.89. The Hall–Kier alpha value is -3.60. The summed E-state index contributed by atoms with van der Waals surface area (Å²) in [5, 5.41) is 17.8. The van der Waals surface area contributed by atoms with Crippen molar-refractivity contribution in [3.8, 4) is 5.75 Å². The van der Waals surface area contributed by atoms with Gasteiger partial charge in [0.1, 0.15) is 51.2 Å². The molecule has 0 radical (unpaired) electrons. The highest BCUT2D eigenvalue weighted by atomic mass is 17.0. The van der Waals surface area contributed by atoms with Crippen LogP contribution in [0.1, 0.15) is 19.4 Å². The highest BCUT2D eigenvalue weighted by Crippen LogP contribution is 2.14. The van der Waals surface area contributed by atoms with Crippen LogP contribution >= 0.6 is 0 Å². The summed E-state index contributed by atoms with van der Waals surface area (Å²) < 4.78 is 26.1. The van der Waals surface area contributed by atoms with Crippen molar-refractivity contribution in [3.63, 3.8) is 0 Å². The third-order valence-corrected chi connectivity index (χ3v) is 4.89. The molecule has 0 aliphatic rings. The first-order chi connectivity index (χ1) is 19.1. The lowest BCUT2D eigenvalue weighted by atomic mass is 10.1. The summed E-state index contributed by atoms with van der Waals surface area (Å²) in [4.78, 5) is 51.3. The molecule has 228 valence electrons. The summed E-state index contributed by atoms with van der Waals surface area (Å²) in [5.41, 5.74) is 1.16. The molecule has 0 bridgehead atoms. The molecule has 0 aliphatic heterocycles. The molecule has 1 aromatic carbocycles. The van der Waals surface area contributed by atoms with Gasteiger partial charge in [-0.25, -0.2) is 0 Å². The van der Waals surface area contributed by atoms with E-state index in [-0.39, 0.29) is 64.3 Å². The van der Waals surface area contributed by atoms with E-state index >= 15 is 0 Å². The van der Waals surface area contributed by atoms with Gasteiger partial charge in [0.2, 0.25) is 5.91 Å². The molecule has 0 aromatic heterocycles. The van der Waals surface area contributed by atoms with Crippen LogP contribution in [0.15, 0.2) is 24.3 Å². The fourth-order valence-corrected chi connectivity index (χ4v) is 2.89. The van der Waals surface area contributed by atoms with Crippen LogP contribution in [0, 0.1) is 20.2 Å². The number of nitrogens with zero attached hydrogens (tertiary/aromatic N) is 3. The normalized spacial score (nSPS) is 11.1. The van der Waals surface area contributed by atoms with Gasteiger partial charge < -0.3 is 43.1 Å². The Morgan fingerprint density at radius 3 is 2.05 bits per heavy atom. The number of methoxy groups -OCH3 is 2. The van der Waals surface area contributed by atoms with Crippen LogP contribution in [-0.4, -0.2) is 113 Å². The Bertz CT molecular complexity index is 840. The molecule has 1 unspecified atom stereocenters. The molecule has 0 spiro atoms. The van der Waals surface area contributed by atoms with Crippen LogP contribution in [0.2, 0.25) is 0 Å². The van der Waals surface area contributed by atoms with Crippen molar-refractivity contribution in [2.45, 2.75) is 32.4 Å². The molecular weight excluding hydrogens is 538 g/mol. The second-order valence-electron chi connectivity index (χ2n) is 8.10. The molecule has 40 heavy (non-hydrogen) atoms. The molecule has 1 atom stereocenters. The Kier molecular flexibility index (Phi) is 21.2. The number of carbonyl (C=O) groups excluding carboxylic acids is 2. The van der Waals surface area contributed by atoms with E-state index in [1.165, 1.54) is 0 Å². The van der Waals surface area contributed by atoms with Crippen LogP contribution in [0.4, 0.5) is 0 Å². The van der Waals surface area contributed by atoms with Gasteiger partial charge in [-0.15, -0.1) is 20.2 Å². The Balaban J connectivity index is 0.00000129. The maximum Gasteiger partial charge on any atom is 0.294 e. The number of aldehydes is 1. The summed E-state index contributed by atoms with van der Waals surface area (Å²) in [6.07, 6.45) is 1.07. The smallest absolute Gasteiger partial charge is 0.294 e. The maximum atomic E-state index is 12.5. The van der Waals surface area contributed by atoms with E-state index in [0.717, 1.165) is 17.7 Å². The fourth-order valence-electron chi connectivity index (χ4n) is 2.89. The standard InChI is InChI=1S/C20H32N2O8.C4H7NO5/c1-16(2)21(20(23)15-28-11-12-30-22(24)25)13-19(27-4)14-29-18-7-5-17(6-8-18)9-10-26-3;6-1-2-9-3-4-10-5(7)8/h5-8,16,19H,9-15H2,1-4H3;1H,2-4H2. The van der Waals surface area contributed by atoms with Gasteiger partial charge in [0.05, 0.1) is 26.4 Å². The van der Waals surface area contributed by atoms with Crippen LogP contribution in [-0.2, 0) is 44.6 Å². The molecule has 1 aromatic rings. The topological polar surface area (TPSA) is 188 Å². The van der Waals surface area contributed by atoms with E-state index < -0.39 is 10.2 Å². The van der Waals surface area contributed by atoms with E-state index in [1.54, 1.807) is 19.1 Å². The first-order valence-corrected chi connectivity index (χ1v) is 12.3. The van der Waals surface area contributed by atoms with Crippen LogP contribution in [0.25, 0.3) is 0 Å². The second kappa shape index (κ2) is 23.3. The molecule has 16 heteroatoms. The predicted octanol–water partition coefficient (Wildman–Crippen LogP) is 1.14.